The lowest BCUT2D eigenvalue weighted by Crippen LogP contribution is -2.40. The van der Waals surface area contributed by atoms with Gasteiger partial charge in [0.2, 0.25) is 5.91 Å². The summed E-state index contributed by atoms with van der Waals surface area (Å²) < 4.78 is 26.2. The average molecular weight is 426 g/mol. The first kappa shape index (κ1) is 21.0. The lowest BCUT2D eigenvalue weighted by Gasteiger charge is -2.23. The third kappa shape index (κ3) is 5.25. The van der Waals surface area contributed by atoms with E-state index in [0.29, 0.717) is 18.7 Å². The molecule has 1 saturated heterocycles. The van der Waals surface area contributed by atoms with Crippen LogP contribution in [0.2, 0.25) is 0 Å². The molecule has 6 nitrogen and oxygen atoms in total. The third-order valence-electron chi connectivity index (χ3n) is 5.64. The van der Waals surface area contributed by atoms with E-state index in [1.807, 2.05) is 0 Å². The van der Waals surface area contributed by atoms with Crippen LogP contribution in [0.3, 0.4) is 0 Å². The Kier molecular flexibility index (Phi) is 6.25. The van der Waals surface area contributed by atoms with Crippen LogP contribution in [0.15, 0.2) is 53.6 Å². The average Bonchev–Trinajstić information content (AvgIpc) is 3.24. The van der Waals surface area contributed by atoms with Gasteiger partial charge in [-0.2, -0.15) is 5.10 Å². The second-order valence-electron chi connectivity index (χ2n) is 7.91. The number of carbonyl (C=O) groups excluding carboxylic acids is 2. The van der Waals surface area contributed by atoms with Gasteiger partial charge in [-0.15, -0.1) is 0 Å². The molecule has 0 radical (unpaired) electrons. The van der Waals surface area contributed by atoms with Crippen LogP contribution >= 0.6 is 0 Å². The molecule has 1 N–H and O–H groups in total. The van der Waals surface area contributed by atoms with Gasteiger partial charge >= 0.3 is 0 Å². The van der Waals surface area contributed by atoms with Crippen LogP contribution < -0.4 is 10.2 Å². The SMILES string of the molecule is O=C(NCC1CCN(c2ccc(F)cc2)C1)C1=NN(Cc2ccc(F)cc2)C(=O)CC1. The molecule has 2 aromatic rings. The quantitative estimate of drug-likeness (QED) is 0.772. The standard InChI is InChI=1S/C23H24F2N4O2/c24-18-3-1-16(2-4-18)15-29-22(30)10-9-21(27-29)23(31)26-13-17-11-12-28(14-17)20-7-5-19(25)6-8-20/h1-8,17H,9-15H2,(H,26,31). The van der Waals surface area contributed by atoms with Gasteiger partial charge in [-0.25, -0.2) is 13.8 Å². The van der Waals surface area contributed by atoms with Crippen LogP contribution in [0.25, 0.3) is 0 Å². The molecule has 0 bridgehead atoms. The molecule has 162 valence electrons. The lowest BCUT2D eigenvalue weighted by atomic mass is 10.1. The van der Waals surface area contributed by atoms with E-state index in [0.717, 1.165) is 30.8 Å². The zero-order valence-electron chi connectivity index (χ0n) is 17.1. The Morgan fingerprint density at radius 1 is 1.03 bits per heavy atom. The summed E-state index contributed by atoms with van der Waals surface area (Å²) in [5.41, 5.74) is 2.05. The van der Waals surface area contributed by atoms with Gasteiger partial charge in [0, 0.05) is 38.2 Å². The normalized spacial score (nSPS) is 18.8. The first-order valence-electron chi connectivity index (χ1n) is 10.4. The first-order chi connectivity index (χ1) is 15.0. The van der Waals surface area contributed by atoms with E-state index in [4.69, 9.17) is 0 Å². The molecule has 2 amide bonds. The molecule has 8 heteroatoms. The number of benzene rings is 2. The minimum absolute atomic E-state index is 0.161. The highest BCUT2D eigenvalue weighted by molar-refractivity contribution is 6.39. The fraction of sp³-hybridized carbons (Fsp3) is 0.348. The number of nitrogens with zero attached hydrogens (tertiary/aromatic N) is 3. The zero-order valence-corrected chi connectivity index (χ0v) is 17.1. The van der Waals surface area contributed by atoms with Crippen LogP contribution in [0, 0.1) is 17.6 Å². The monoisotopic (exact) mass is 426 g/mol. The van der Waals surface area contributed by atoms with E-state index in [-0.39, 0.29) is 42.3 Å². The number of nitrogens with one attached hydrogen (secondary N) is 1. The number of carbonyl (C=O) groups is 2. The van der Waals surface area contributed by atoms with E-state index in [9.17, 15) is 18.4 Å². The molecule has 1 unspecified atom stereocenters. The molecule has 0 saturated carbocycles. The topological polar surface area (TPSA) is 65.0 Å². The Labute approximate surface area is 179 Å². The van der Waals surface area contributed by atoms with Gasteiger partial charge in [0.15, 0.2) is 0 Å². The van der Waals surface area contributed by atoms with Crippen LogP contribution in [-0.2, 0) is 16.1 Å². The van der Waals surface area contributed by atoms with Crippen molar-refractivity contribution in [3.8, 4) is 0 Å². The second kappa shape index (κ2) is 9.24. The molecule has 2 aromatic carbocycles. The maximum Gasteiger partial charge on any atom is 0.267 e. The van der Waals surface area contributed by atoms with Crippen molar-refractivity contribution in [1.82, 2.24) is 10.3 Å². The minimum atomic E-state index is -0.345. The molecule has 0 aromatic heterocycles. The summed E-state index contributed by atoms with van der Waals surface area (Å²) in [6.07, 6.45) is 1.45. The van der Waals surface area contributed by atoms with Crippen molar-refractivity contribution in [1.29, 1.82) is 0 Å². The molecule has 2 aliphatic heterocycles. The highest BCUT2D eigenvalue weighted by Gasteiger charge is 2.27. The Morgan fingerprint density at radius 2 is 1.71 bits per heavy atom. The fourth-order valence-corrected chi connectivity index (χ4v) is 3.88. The molecular weight excluding hydrogens is 402 g/mol. The predicted molar refractivity (Wildman–Crippen MR) is 113 cm³/mol. The summed E-state index contributed by atoms with van der Waals surface area (Å²) in [6.45, 7) is 2.35. The highest BCUT2D eigenvalue weighted by Crippen LogP contribution is 2.23. The number of rotatable bonds is 6. The largest absolute Gasteiger partial charge is 0.371 e. The molecule has 2 heterocycles. The van der Waals surface area contributed by atoms with Gasteiger partial charge in [0.05, 0.1) is 6.54 Å². The van der Waals surface area contributed by atoms with E-state index in [1.165, 1.54) is 29.3 Å². The number of halogens is 2. The predicted octanol–water partition coefficient (Wildman–Crippen LogP) is 3.09. The lowest BCUT2D eigenvalue weighted by molar-refractivity contribution is -0.132. The number of hydrazone groups is 1. The number of hydrogen-bond donors (Lipinski definition) is 1. The highest BCUT2D eigenvalue weighted by atomic mass is 19.1. The summed E-state index contributed by atoms with van der Waals surface area (Å²) in [6, 6.07) is 12.3. The van der Waals surface area contributed by atoms with Gasteiger partial charge in [-0.3, -0.25) is 9.59 Å². The van der Waals surface area contributed by atoms with E-state index in [1.54, 1.807) is 24.3 Å². The van der Waals surface area contributed by atoms with E-state index < -0.39 is 0 Å². The van der Waals surface area contributed by atoms with Gasteiger partial charge in [0.25, 0.3) is 5.91 Å². The van der Waals surface area contributed by atoms with Gasteiger partial charge in [0.1, 0.15) is 17.3 Å². The molecule has 2 aliphatic rings. The van der Waals surface area contributed by atoms with Crippen molar-refractivity contribution >= 4 is 23.2 Å². The fourth-order valence-electron chi connectivity index (χ4n) is 3.88. The zero-order chi connectivity index (χ0) is 21.8. The maximum absolute atomic E-state index is 13.1. The van der Waals surface area contributed by atoms with E-state index >= 15 is 0 Å². The van der Waals surface area contributed by atoms with Gasteiger partial charge in [-0.05, 0) is 54.3 Å². The third-order valence-corrected chi connectivity index (χ3v) is 5.64. The molecular formula is C23H24F2N4O2. The Balaban J connectivity index is 1.31. The van der Waals surface area contributed by atoms with Gasteiger partial charge in [-0.1, -0.05) is 12.1 Å². The Hall–Kier alpha value is -3.29. The summed E-state index contributed by atoms with van der Waals surface area (Å²) in [4.78, 5) is 27.0. The number of hydrogen-bond acceptors (Lipinski definition) is 4. The molecule has 1 atom stereocenters. The molecule has 1 fully saturated rings. The Morgan fingerprint density at radius 3 is 2.42 bits per heavy atom. The van der Waals surface area contributed by atoms with Crippen molar-refractivity contribution in [3.05, 3.63) is 65.7 Å². The van der Waals surface area contributed by atoms with Crippen molar-refractivity contribution in [3.63, 3.8) is 0 Å². The number of anilines is 1. The van der Waals surface area contributed by atoms with Crippen molar-refractivity contribution in [2.45, 2.75) is 25.8 Å². The summed E-state index contributed by atoms with van der Waals surface area (Å²) in [7, 11) is 0. The Bertz CT molecular complexity index is 976. The van der Waals surface area contributed by atoms with Crippen molar-refractivity contribution in [2.24, 2.45) is 11.0 Å². The summed E-state index contributed by atoms with van der Waals surface area (Å²) in [5.74, 6) is -0.743. The maximum atomic E-state index is 13.1. The molecule has 4 rings (SSSR count). The van der Waals surface area contributed by atoms with Gasteiger partial charge < -0.3 is 10.2 Å². The van der Waals surface area contributed by atoms with E-state index in [2.05, 4.69) is 15.3 Å². The first-order valence-corrected chi connectivity index (χ1v) is 10.4. The molecule has 0 spiro atoms. The van der Waals surface area contributed by atoms with Crippen LogP contribution in [-0.4, -0.2) is 42.2 Å². The van der Waals surface area contributed by atoms with Crippen molar-refractivity contribution in [2.75, 3.05) is 24.5 Å². The molecule has 31 heavy (non-hydrogen) atoms. The van der Waals surface area contributed by atoms with Crippen LogP contribution in [0.1, 0.15) is 24.8 Å². The smallest absolute Gasteiger partial charge is 0.267 e. The number of amides is 2. The second-order valence-corrected chi connectivity index (χ2v) is 7.91. The van der Waals surface area contributed by atoms with Crippen LogP contribution in [0.4, 0.5) is 14.5 Å². The molecule has 0 aliphatic carbocycles. The van der Waals surface area contributed by atoms with Crippen molar-refractivity contribution < 1.29 is 18.4 Å². The summed E-state index contributed by atoms with van der Waals surface area (Å²) in [5, 5.41) is 8.46. The minimum Gasteiger partial charge on any atom is -0.371 e. The summed E-state index contributed by atoms with van der Waals surface area (Å²) >= 11 is 0. The van der Waals surface area contributed by atoms with Crippen LogP contribution in [0.5, 0.6) is 0 Å².